The van der Waals surface area contributed by atoms with Crippen molar-refractivity contribution < 1.29 is 22.7 Å². The molecule has 0 unspecified atom stereocenters. The fourth-order valence-corrected chi connectivity index (χ4v) is 6.18. The number of nitrogens with one attached hydrogen (secondary N) is 1. The number of halogens is 3. The fourth-order valence-electron chi connectivity index (χ4n) is 4.06. The zero-order valence-electron chi connectivity index (χ0n) is 22.9. The van der Waals surface area contributed by atoms with E-state index >= 15 is 0 Å². The molecule has 0 fully saturated rings. The lowest BCUT2D eigenvalue weighted by molar-refractivity contribution is -0.139. The molecule has 0 aromatic heterocycles. The van der Waals surface area contributed by atoms with Gasteiger partial charge in [0.05, 0.1) is 17.7 Å². The van der Waals surface area contributed by atoms with Crippen LogP contribution in [0.25, 0.3) is 0 Å². The largest absolute Gasteiger partial charge is 0.495 e. The Labute approximate surface area is 256 Å². The van der Waals surface area contributed by atoms with Gasteiger partial charge in [-0.1, -0.05) is 72.4 Å². The Hall–Kier alpha value is -2.98. The van der Waals surface area contributed by atoms with Gasteiger partial charge in [-0.15, -0.1) is 0 Å². The van der Waals surface area contributed by atoms with E-state index in [2.05, 4.69) is 5.32 Å². The number of carbonyl (C=O) groups is 2. The van der Waals surface area contributed by atoms with Crippen LogP contribution in [0.1, 0.15) is 32.3 Å². The van der Waals surface area contributed by atoms with Gasteiger partial charge in [0.1, 0.15) is 18.3 Å². The van der Waals surface area contributed by atoms with E-state index in [0.29, 0.717) is 22.2 Å². The first kappa shape index (κ1) is 32.5. The number of rotatable bonds is 13. The Morgan fingerprint density at radius 3 is 2.24 bits per heavy atom. The predicted molar refractivity (Wildman–Crippen MR) is 163 cm³/mol. The van der Waals surface area contributed by atoms with Gasteiger partial charge in [0.25, 0.3) is 10.0 Å². The van der Waals surface area contributed by atoms with Crippen LogP contribution in [0.4, 0.5) is 5.69 Å². The molecule has 0 aliphatic rings. The second kappa shape index (κ2) is 14.8. The Morgan fingerprint density at radius 1 is 0.976 bits per heavy atom. The lowest BCUT2D eigenvalue weighted by Gasteiger charge is -2.32. The summed E-state index contributed by atoms with van der Waals surface area (Å²) in [5.74, 6) is -0.874. The molecule has 3 aromatic rings. The zero-order chi connectivity index (χ0) is 30.2. The molecule has 3 rings (SSSR count). The third kappa shape index (κ3) is 8.07. The first-order chi connectivity index (χ1) is 19.5. The van der Waals surface area contributed by atoms with E-state index in [1.54, 1.807) is 49.4 Å². The maximum Gasteiger partial charge on any atom is 0.264 e. The second-order valence-electron chi connectivity index (χ2n) is 9.18. The molecule has 0 heterocycles. The molecule has 1 N–H and O–H groups in total. The molecule has 41 heavy (non-hydrogen) atoms. The molecule has 1 atom stereocenters. The van der Waals surface area contributed by atoms with Crippen LogP contribution in [0.3, 0.4) is 0 Å². The minimum atomic E-state index is -4.29. The number of benzene rings is 3. The van der Waals surface area contributed by atoms with Crippen molar-refractivity contribution >= 4 is 62.3 Å². The molecule has 12 heteroatoms. The SMILES string of the molecule is CCCCNC(=O)[C@@H](C)N(Cc1c(Cl)cccc1Cl)C(=O)CN(c1cc(Cl)ccc1OC)S(=O)(=O)c1ccccc1. The Morgan fingerprint density at radius 2 is 1.63 bits per heavy atom. The highest BCUT2D eigenvalue weighted by molar-refractivity contribution is 7.92. The number of amides is 2. The predicted octanol–water partition coefficient (Wildman–Crippen LogP) is 6.18. The van der Waals surface area contributed by atoms with Crippen molar-refractivity contribution in [2.45, 2.75) is 44.2 Å². The molecule has 0 saturated carbocycles. The number of carbonyl (C=O) groups excluding carboxylic acids is 2. The van der Waals surface area contributed by atoms with E-state index in [9.17, 15) is 18.0 Å². The maximum absolute atomic E-state index is 14.1. The highest BCUT2D eigenvalue weighted by atomic mass is 35.5. The van der Waals surface area contributed by atoms with Crippen molar-refractivity contribution in [1.82, 2.24) is 10.2 Å². The first-order valence-corrected chi connectivity index (χ1v) is 15.5. The van der Waals surface area contributed by atoms with Crippen molar-refractivity contribution in [2.24, 2.45) is 0 Å². The van der Waals surface area contributed by atoms with Gasteiger partial charge in [0.15, 0.2) is 0 Å². The summed E-state index contributed by atoms with van der Waals surface area (Å²) in [6.07, 6.45) is 1.64. The number of sulfonamides is 1. The lowest BCUT2D eigenvalue weighted by Crippen LogP contribution is -2.51. The highest BCUT2D eigenvalue weighted by Gasteiger charge is 2.34. The third-order valence-corrected chi connectivity index (χ3v) is 9.12. The van der Waals surface area contributed by atoms with Gasteiger partial charge < -0.3 is 15.0 Å². The monoisotopic (exact) mass is 639 g/mol. The third-order valence-electron chi connectivity index (χ3n) is 6.41. The van der Waals surface area contributed by atoms with Gasteiger partial charge >= 0.3 is 0 Å². The van der Waals surface area contributed by atoms with Gasteiger partial charge in [0, 0.05) is 33.7 Å². The molecule has 0 aliphatic heterocycles. The first-order valence-electron chi connectivity index (χ1n) is 12.9. The lowest BCUT2D eigenvalue weighted by atomic mass is 10.1. The summed E-state index contributed by atoms with van der Waals surface area (Å²) in [5, 5.41) is 3.68. The molecule has 0 radical (unpaired) electrons. The van der Waals surface area contributed by atoms with Crippen LogP contribution >= 0.6 is 34.8 Å². The standard InChI is InChI=1S/C29H32Cl3N3O5S/c1-4-5-16-33-29(37)20(2)34(18-23-24(31)12-9-13-25(23)32)28(36)19-35(26-17-21(30)14-15-27(26)40-3)41(38,39)22-10-7-6-8-11-22/h6-15,17,20H,4-5,16,18-19H2,1-3H3,(H,33,37)/t20-/m1/s1. The van der Waals surface area contributed by atoms with E-state index in [0.717, 1.165) is 17.1 Å². The molecule has 3 aromatic carbocycles. The summed E-state index contributed by atoms with van der Waals surface area (Å²) in [5.41, 5.74) is 0.489. The van der Waals surface area contributed by atoms with Crippen molar-refractivity contribution in [3.05, 3.63) is 87.4 Å². The molecule has 0 spiro atoms. The molecular formula is C29H32Cl3N3O5S. The molecule has 0 aliphatic carbocycles. The van der Waals surface area contributed by atoms with E-state index < -0.39 is 34.4 Å². The van der Waals surface area contributed by atoms with E-state index in [-0.39, 0.29) is 27.9 Å². The van der Waals surface area contributed by atoms with Crippen LogP contribution in [0, 0.1) is 0 Å². The van der Waals surface area contributed by atoms with Gasteiger partial charge in [-0.25, -0.2) is 8.42 Å². The van der Waals surface area contributed by atoms with Crippen LogP contribution in [0.2, 0.25) is 15.1 Å². The Balaban J connectivity index is 2.10. The number of anilines is 1. The van der Waals surface area contributed by atoms with E-state index in [1.165, 1.54) is 36.3 Å². The molecule has 0 bridgehead atoms. The quantitative estimate of drug-likeness (QED) is 0.225. The van der Waals surface area contributed by atoms with E-state index in [4.69, 9.17) is 39.5 Å². The fraction of sp³-hybridized carbons (Fsp3) is 0.310. The van der Waals surface area contributed by atoms with Gasteiger partial charge in [-0.3, -0.25) is 13.9 Å². The topological polar surface area (TPSA) is 96.0 Å². The Bertz CT molecular complexity index is 1450. The molecule has 8 nitrogen and oxygen atoms in total. The number of hydrogen-bond acceptors (Lipinski definition) is 5. The number of hydrogen-bond donors (Lipinski definition) is 1. The Kier molecular flexibility index (Phi) is 11.7. The van der Waals surface area contributed by atoms with Crippen LogP contribution < -0.4 is 14.4 Å². The van der Waals surface area contributed by atoms with Crippen LogP contribution in [-0.4, -0.2) is 51.4 Å². The molecule has 0 saturated heterocycles. The summed E-state index contributed by atoms with van der Waals surface area (Å²) in [6.45, 7) is 3.20. The van der Waals surface area contributed by atoms with Crippen LogP contribution in [-0.2, 0) is 26.2 Å². The minimum Gasteiger partial charge on any atom is -0.495 e. The zero-order valence-corrected chi connectivity index (χ0v) is 26.0. The van der Waals surface area contributed by atoms with Gasteiger partial charge in [-0.05, 0) is 55.8 Å². The second-order valence-corrected chi connectivity index (χ2v) is 12.3. The summed E-state index contributed by atoms with van der Waals surface area (Å²) in [7, 11) is -2.91. The number of ether oxygens (including phenoxy) is 1. The normalized spacial score (nSPS) is 12.0. The summed E-state index contributed by atoms with van der Waals surface area (Å²) in [4.78, 5) is 28.4. The van der Waals surface area contributed by atoms with Crippen LogP contribution in [0.5, 0.6) is 5.75 Å². The summed E-state index contributed by atoms with van der Waals surface area (Å²) >= 11 is 19.1. The van der Waals surface area contributed by atoms with Crippen molar-refractivity contribution in [2.75, 3.05) is 24.5 Å². The number of unbranched alkanes of at least 4 members (excludes halogenated alkanes) is 1. The number of nitrogens with zero attached hydrogens (tertiary/aromatic N) is 2. The van der Waals surface area contributed by atoms with Crippen molar-refractivity contribution in [1.29, 1.82) is 0 Å². The van der Waals surface area contributed by atoms with E-state index in [1.807, 2.05) is 6.92 Å². The minimum absolute atomic E-state index is 0.0408. The van der Waals surface area contributed by atoms with Gasteiger partial charge in [0.2, 0.25) is 11.8 Å². The molecular weight excluding hydrogens is 609 g/mol. The van der Waals surface area contributed by atoms with Crippen LogP contribution in [0.15, 0.2) is 71.6 Å². The van der Waals surface area contributed by atoms with Crippen molar-refractivity contribution in [3.8, 4) is 5.75 Å². The summed E-state index contributed by atoms with van der Waals surface area (Å²) in [6, 6.07) is 16.1. The highest BCUT2D eigenvalue weighted by Crippen LogP contribution is 2.35. The van der Waals surface area contributed by atoms with Gasteiger partial charge in [-0.2, -0.15) is 0 Å². The average molecular weight is 641 g/mol. The smallest absolute Gasteiger partial charge is 0.264 e. The molecule has 220 valence electrons. The summed E-state index contributed by atoms with van der Waals surface area (Å²) < 4.78 is 34.3. The molecule has 2 amide bonds. The van der Waals surface area contributed by atoms with Crippen molar-refractivity contribution in [3.63, 3.8) is 0 Å². The average Bonchev–Trinajstić information content (AvgIpc) is 2.95. The number of methoxy groups -OCH3 is 1. The maximum atomic E-state index is 14.1.